The number of amides is 1. The Morgan fingerprint density at radius 2 is 1.89 bits per heavy atom. The predicted molar refractivity (Wildman–Crippen MR) is 112 cm³/mol. The summed E-state index contributed by atoms with van der Waals surface area (Å²) in [7, 11) is 0. The van der Waals surface area contributed by atoms with E-state index in [-0.39, 0.29) is 5.91 Å². The van der Waals surface area contributed by atoms with Crippen molar-refractivity contribution in [2.45, 2.75) is 39.4 Å². The summed E-state index contributed by atoms with van der Waals surface area (Å²) in [4.78, 5) is 16.3. The second kappa shape index (κ2) is 9.33. The summed E-state index contributed by atoms with van der Waals surface area (Å²) >= 11 is 0. The molecule has 1 amide bonds. The maximum absolute atomic E-state index is 12.3. The van der Waals surface area contributed by atoms with Crippen LogP contribution in [-0.2, 0) is 17.9 Å². The molecule has 5 heteroatoms. The second-order valence-electron chi connectivity index (χ2n) is 7.54. The van der Waals surface area contributed by atoms with E-state index in [0.717, 1.165) is 23.2 Å². The van der Waals surface area contributed by atoms with Crippen LogP contribution in [0.4, 0.5) is 0 Å². The molecule has 0 radical (unpaired) electrons. The highest BCUT2D eigenvalue weighted by atomic mass is 16.2. The number of carbonyl (C=O) groups excluding carboxylic acids is 1. The normalized spacial score (nSPS) is 12.1. The average Bonchev–Trinajstić information content (AvgIpc) is 3.19. The molecule has 0 unspecified atom stereocenters. The number of carbonyl (C=O) groups is 1. The summed E-state index contributed by atoms with van der Waals surface area (Å²) in [5.41, 5.74) is 10.5. The van der Waals surface area contributed by atoms with Gasteiger partial charge in [0.2, 0.25) is 5.91 Å². The molecule has 3 rings (SSSR count). The second-order valence-corrected chi connectivity index (χ2v) is 7.54. The summed E-state index contributed by atoms with van der Waals surface area (Å²) < 4.78 is 2.04. The molecule has 1 atom stereocenters. The van der Waals surface area contributed by atoms with Crippen molar-refractivity contribution in [3.8, 4) is 11.1 Å². The van der Waals surface area contributed by atoms with Crippen LogP contribution in [0, 0.1) is 5.92 Å². The van der Waals surface area contributed by atoms with Crippen LogP contribution in [0.25, 0.3) is 11.1 Å². The van der Waals surface area contributed by atoms with E-state index < -0.39 is 6.04 Å². The fraction of sp³-hybridized carbons (Fsp3) is 0.304. The van der Waals surface area contributed by atoms with Crippen LogP contribution in [0.2, 0.25) is 0 Å². The number of hydrogen-bond acceptors (Lipinski definition) is 3. The minimum atomic E-state index is -0.463. The summed E-state index contributed by atoms with van der Waals surface area (Å²) in [5, 5.41) is 2.98. The number of nitrogens with one attached hydrogen (secondary N) is 1. The zero-order valence-corrected chi connectivity index (χ0v) is 16.5. The first-order valence-electron chi connectivity index (χ1n) is 9.69. The number of nitrogens with zero attached hydrogens (tertiary/aromatic N) is 2. The van der Waals surface area contributed by atoms with Gasteiger partial charge in [0.1, 0.15) is 0 Å². The van der Waals surface area contributed by atoms with E-state index in [4.69, 9.17) is 5.73 Å². The monoisotopic (exact) mass is 376 g/mol. The van der Waals surface area contributed by atoms with Gasteiger partial charge < -0.3 is 15.6 Å². The number of nitrogens with two attached hydrogens (primary N) is 1. The first-order chi connectivity index (χ1) is 13.5. The maximum atomic E-state index is 12.3. The van der Waals surface area contributed by atoms with Gasteiger partial charge in [-0.05, 0) is 34.6 Å². The molecule has 5 nitrogen and oxygen atoms in total. The molecule has 0 bridgehead atoms. The Balaban J connectivity index is 1.68. The number of hydrogen-bond donors (Lipinski definition) is 2. The molecule has 2 aromatic carbocycles. The number of rotatable bonds is 8. The van der Waals surface area contributed by atoms with E-state index >= 15 is 0 Å². The molecule has 3 aromatic rings. The van der Waals surface area contributed by atoms with Crippen molar-refractivity contribution in [3.63, 3.8) is 0 Å². The van der Waals surface area contributed by atoms with Crippen molar-refractivity contribution in [2.75, 3.05) is 0 Å². The van der Waals surface area contributed by atoms with Crippen molar-refractivity contribution in [1.82, 2.24) is 14.9 Å². The Morgan fingerprint density at radius 3 is 2.57 bits per heavy atom. The smallest absolute Gasteiger partial charge is 0.237 e. The third kappa shape index (κ3) is 5.30. The topological polar surface area (TPSA) is 72.9 Å². The molecule has 28 heavy (non-hydrogen) atoms. The molecule has 0 saturated heterocycles. The molecule has 1 heterocycles. The van der Waals surface area contributed by atoms with Crippen molar-refractivity contribution < 1.29 is 4.79 Å². The van der Waals surface area contributed by atoms with Crippen LogP contribution in [0.3, 0.4) is 0 Å². The Morgan fingerprint density at radius 1 is 1.14 bits per heavy atom. The van der Waals surface area contributed by atoms with Gasteiger partial charge in [0, 0.05) is 25.5 Å². The Kier molecular flexibility index (Phi) is 6.61. The van der Waals surface area contributed by atoms with Crippen molar-refractivity contribution in [2.24, 2.45) is 11.7 Å². The lowest BCUT2D eigenvalue weighted by Gasteiger charge is -2.16. The quantitative estimate of drug-likeness (QED) is 0.631. The predicted octanol–water partition coefficient (Wildman–Crippen LogP) is 3.59. The van der Waals surface area contributed by atoms with Gasteiger partial charge in [-0.3, -0.25) is 4.79 Å². The highest BCUT2D eigenvalue weighted by Gasteiger charge is 2.15. The first kappa shape index (κ1) is 19.8. The van der Waals surface area contributed by atoms with Crippen LogP contribution in [0.5, 0.6) is 0 Å². The van der Waals surface area contributed by atoms with Gasteiger partial charge in [0.15, 0.2) is 0 Å². The van der Waals surface area contributed by atoms with E-state index in [1.807, 2.05) is 35.3 Å². The third-order valence-corrected chi connectivity index (χ3v) is 4.72. The molecule has 146 valence electrons. The largest absolute Gasteiger partial charge is 0.351 e. The van der Waals surface area contributed by atoms with E-state index in [1.165, 1.54) is 5.56 Å². The minimum Gasteiger partial charge on any atom is -0.351 e. The van der Waals surface area contributed by atoms with Crippen LogP contribution in [0.15, 0.2) is 67.3 Å². The van der Waals surface area contributed by atoms with Crippen LogP contribution in [0.1, 0.15) is 31.4 Å². The van der Waals surface area contributed by atoms with Gasteiger partial charge in [-0.2, -0.15) is 0 Å². The fourth-order valence-electron chi connectivity index (χ4n) is 3.27. The lowest BCUT2D eigenvalue weighted by Crippen LogP contribution is -2.41. The molecule has 0 aliphatic rings. The maximum Gasteiger partial charge on any atom is 0.237 e. The molecular weight excluding hydrogens is 348 g/mol. The summed E-state index contributed by atoms with van der Waals surface area (Å²) in [6, 6.07) is 16.2. The molecular formula is C23H28N4O. The average molecular weight is 377 g/mol. The zero-order valence-electron chi connectivity index (χ0n) is 16.5. The van der Waals surface area contributed by atoms with Crippen LogP contribution < -0.4 is 11.1 Å². The first-order valence-corrected chi connectivity index (χ1v) is 9.69. The number of benzene rings is 2. The van der Waals surface area contributed by atoms with Crippen molar-refractivity contribution >= 4 is 5.91 Å². The standard InChI is InChI=1S/C23H28N4O/c1-17(2)13-22(24)23(28)26-14-20-5-3-4-6-21(20)19-9-7-18(8-10-19)15-27-12-11-25-16-27/h3-12,16-17,22H,13-15,24H2,1-2H3,(H,26,28)/t22-/m0/s1. The number of imidazole rings is 1. The van der Waals surface area contributed by atoms with Crippen LogP contribution in [-0.4, -0.2) is 21.5 Å². The molecule has 0 fully saturated rings. The highest BCUT2D eigenvalue weighted by Crippen LogP contribution is 2.24. The Hall–Kier alpha value is -2.92. The van der Waals surface area contributed by atoms with Gasteiger partial charge in [0.05, 0.1) is 12.4 Å². The van der Waals surface area contributed by atoms with E-state index in [9.17, 15) is 4.79 Å². The van der Waals surface area contributed by atoms with Crippen molar-refractivity contribution in [3.05, 3.63) is 78.4 Å². The summed E-state index contributed by atoms with van der Waals surface area (Å²) in [6.45, 7) is 5.40. The van der Waals surface area contributed by atoms with Gasteiger partial charge in [0.25, 0.3) is 0 Å². The molecule has 0 aliphatic carbocycles. The molecule has 0 saturated carbocycles. The highest BCUT2D eigenvalue weighted by molar-refractivity contribution is 5.81. The van der Waals surface area contributed by atoms with E-state index in [2.05, 4.69) is 54.5 Å². The van der Waals surface area contributed by atoms with Crippen molar-refractivity contribution in [1.29, 1.82) is 0 Å². The molecule has 0 spiro atoms. The minimum absolute atomic E-state index is 0.0980. The molecule has 3 N–H and O–H groups in total. The SMILES string of the molecule is CC(C)C[C@H](N)C(=O)NCc1ccccc1-c1ccc(Cn2ccnc2)cc1. The van der Waals surface area contributed by atoms with Gasteiger partial charge in [-0.25, -0.2) is 4.98 Å². The lowest BCUT2D eigenvalue weighted by atomic mass is 9.98. The van der Waals surface area contributed by atoms with Gasteiger partial charge in [-0.15, -0.1) is 0 Å². The summed E-state index contributed by atoms with van der Waals surface area (Å²) in [5.74, 6) is 0.299. The molecule has 0 aliphatic heterocycles. The van der Waals surface area contributed by atoms with Crippen LogP contribution >= 0.6 is 0 Å². The number of aromatic nitrogens is 2. The zero-order chi connectivity index (χ0) is 19.9. The van der Waals surface area contributed by atoms with E-state index in [0.29, 0.717) is 18.9 Å². The summed E-state index contributed by atoms with van der Waals surface area (Å²) in [6.07, 6.45) is 6.24. The van der Waals surface area contributed by atoms with E-state index in [1.54, 1.807) is 6.20 Å². The Labute approximate surface area is 166 Å². The third-order valence-electron chi connectivity index (χ3n) is 4.72. The Bertz CT molecular complexity index is 885. The van der Waals surface area contributed by atoms with Gasteiger partial charge >= 0.3 is 0 Å². The fourth-order valence-corrected chi connectivity index (χ4v) is 3.27. The molecule has 1 aromatic heterocycles. The van der Waals surface area contributed by atoms with Gasteiger partial charge in [-0.1, -0.05) is 62.4 Å². The lowest BCUT2D eigenvalue weighted by molar-refractivity contribution is -0.122.